The molecule has 1 amide bonds. The van der Waals surface area contributed by atoms with Crippen LogP contribution in [0.15, 0.2) is 50.5 Å². The van der Waals surface area contributed by atoms with Crippen molar-refractivity contribution in [3.8, 4) is 0 Å². The van der Waals surface area contributed by atoms with E-state index in [0.29, 0.717) is 5.69 Å². The Morgan fingerprint density at radius 2 is 1.88 bits per heavy atom. The van der Waals surface area contributed by atoms with Crippen LogP contribution in [-0.4, -0.2) is 20.0 Å². The minimum Gasteiger partial charge on any atom is -0.321 e. The van der Waals surface area contributed by atoms with Crippen molar-refractivity contribution in [2.75, 3.05) is 5.32 Å². The van der Waals surface area contributed by atoms with Crippen molar-refractivity contribution in [1.29, 1.82) is 0 Å². The van der Waals surface area contributed by atoms with E-state index in [-0.39, 0.29) is 16.7 Å². The molecule has 3 rings (SSSR count). The first-order chi connectivity index (χ1) is 11.4. The monoisotopic (exact) mass is 388 g/mol. The summed E-state index contributed by atoms with van der Waals surface area (Å²) in [6.07, 6.45) is 0. The van der Waals surface area contributed by atoms with E-state index in [1.165, 1.54) is 30.8 Å². The maximum atomic E-state index is 12.4. The SMILES string of the molecule is Cn1c(=O)c2ccc(C(=O)Nc3cccc(Br)c3)nc2n(C)c1=O. The van der Waals surface area contributed by atoms with Crippen LogP contribution in [0.1, 0.15) is 10.5 Å². The molecule has 0 aliphatic rings. The highest BCUT2D eigenvalue weighted by Crippen LogP contribution is 2.16. The smallest absolute Gasteiger partial charge is 0.321 e. The number of anilines is 1. The third-order valence-corrected chi connectivity index (χ3v) is 4.11. The van der Waals surface area contributed by atoms with Crippen molar-refractivity contribution in [1.82, 2.24) is 14.1 Å². The molecule has 0 aliphatic carbocycles. The van der Waals surface area contributed by atoms with Gasteiger partial charge in [-0.1, -0.05) is 22.0 Å². The lowest BCUT2D eigenvalue weighted by Gasteiger charge is -2.09. The van der Waals surface area contributed by atoms with E-state index in [9.17, 15) is 14.4 Å². The molecule has 24 heavy (non-hydrogen) atoms. The van der Waals surface area contributed by atoms with E-state index in [2.05, 4.69) is 26.2 Å². The molecule has 2 heterocycles. The lowest BCUT2D eigenvalue weighted by atomic mass is 10.2. The maximum absolute atomic E-state index is 12.4. The Kier molecular flexibility index (Phi) is 4.06. The van der Waals surface area contributed by atoms with Crippen LogP contribution in [0.2, 0.25) is 0 Å². The van der Waals surface area contributed by atoms with Gasteiger partial charge in [0.2, 0.25) is 0 Å². The standard InChI is InChI=1S/C16H13BrN4O3/c1-20-13-11(15(23)21(2)16(20)24)6-7-12(19-13)14(22)18-10-5-3-4-9(17)8-10/h3-8H,1-2H3,(H,18,22). The van der Waals surface area contributed by atoms with Gasteiger partial charge in [0.15, 0.2) is 0 Å². The largest absolute Gasteiger partial charge is 0.332 e. The summed E-state index contributed by atoms with van der Waals surface area (Å²) < 4.78 is 3.08. The first kappa shape index (κ1) is 16.1. The van der Waals surface area contributed by atoms with Crippen molar-refractivity contribution in [3.63, 3.8) is 0 Å². The molecule has 0 aliphatic heterocycles. The number of aromatic nitrogens is 3. The minimum atomic E-state index is -0.496. The molecule has 2 aromatic heterocycles. The van der Waals surface area contributed by atoms with Crippen LogP contribution in [0.5, 0.6) is 0 Å². The van der Waals surface area contributed by atoms with Crippen LogP contribution in [0.3, 0.4) is 0 Å². The normalized spacial score (nSPS) is 10.8. The second-order valence-corrected chi connectivity index (χ2v) is 6.15. The quantitative estimate of drug-likeness (QED) is 0.722. The molecule has 0 unspecified atom stereocenters. The molecule has 1 N–H and O–H groups in total. The first-order valence-corrected chi connectivity index (χ1v) is 7.81. The number of fused-ring (bicyclic) bond motifs is 1. The second-order valence-electron chi connectivity index (χ2n) is 5.24. The Bertz CT molecular complexity index is 1080. The molecule has 0 saturated carbocycles. The number of nitrogens with one attached hydrogen (secondary N) is 1. The molecule has 0 saturated heterocycles. The summed E-state index contributed by atoms with van der Waals surface area (Å²) in [5.74, 6) is -0.428. The summed E-state index contributed by atoms with van der Waals surface area (Å²) in [5, 5.41) is 3.00. The van der Waals surface area contributed by atoms with Crippen molar-refractivity contribution in [2.45, 2.75) is 0 Å². The van der Waals surface area contributed by atoms with E-state index in [1.807, 2.05) is 6.07 Å². The van der Waals surface area contributed by atoms with Crippen LogP contribution in [-0.2, 0) is 14.1 Å². The fraction of sp³-hybridized carbons (Fsp3) is 0.125. The molecule has 0 fully saturated rings. The summed E-state index contributed by atoms with van der Waals surface area (Å²) in [7, 11) is 2.91. The number of pyridine rings is 1. The van der Waals surface area contributed by atoms with E-state index in [1.54, 1.807) is 18.2 Å². The van der Waals surface area contributed by atoms with Crippen molar-refractivity contribution < 1.29 is 4.79 Å². The average Bonchev–Trinajstić information content (AvgIpc) is 2.57. The fourth-order valence-electron chi connectivity index (χ4n) is 2.34. The van der Waals surface area contributed by atoms with Crippen LogP contribution < -0.4 is 16.6 Å². The molecule has 0 radical (unpaired) electrons. The van der Waals surface area contributed by atoms with Crippen molar-refractivity contribution >= 4 is 38.6 Å². The Hall–Kier alpha value is -2.74. The Labute approximate surface area is 144 Å². The highest BCUT2D eigenvalue weighted by atomic mass is 79.9. The van der Waals surface area contributed by atoms with Gasteiger partial charge in [-0.3, -0.25) is 18.7 Å². The van der Waals surface area contributed by atoms with Gasteiger partial charge in [0.25, 0.3) is 11.5 Å². The highest BCUT2D eigenvalue weighted by molar-refractivity contribution is 9.10. The topological polar surface area (TPSA) is 86.0 Å². The molecule has 8 heteroatoms. The number of aryl methyl sites for hydroxylation is 1. The summed E-state index contributed by atoms with van der Waals surface area (Å²) in [5.41, 5.74) is -0.0473. The molecule has 0 atom stereocenters. The third kappa shape index (κ3) is 2.76. The van der Waals surface area contributed by atoms with Crippen LogP contribution >= 0.6 is 15.9 Å². The lowest BCUT2D eigenvalue weighted by Crippen LogP contribution is -2.37. The second kappa shape index (κ2) is 6.04. The summed E-state index contributed by atoms with van der Waals surface area (Å²) >= 11 is 3.33. The summed E-state index contributed by atoms with van der Waals surface area (Å²) in [6.45, 7) is 0. The molecule has 122 valence electrons. The maximum Gasteiger partial charge on any atom is 0.332 e. The average molecular weight is 389 g/mol. The fourth-order valence-corrected chi connectivity index (χ4v) is 2.74. The zero-order chi connectivity index (χ0) is 17.4. The highest BCUT2D eigenvalue weighted by Gasteiger charge is 2.14. The summed E-state index contributed by atoms with van der Waals surface area (Å²) in [6, 6.07) is 10.1. The van der Waals surface area contributed by atoms with Crippen LogP contribution in [0, 0.1) is 0 Å². The molecule has 0 bridgehead atoms. The van der Waals surface area contributed by atoms with Gasteiger partial charge in [0.1, 0.15) is 11.3 Å². The minimum absolute atomic E-state index is 0.116. The number of halogens is 1. The molecule has 0 spiro atoms. The van der Waals surface area contributed by atoms with Crippen molar-refractivity contribution in [2.24, 2.45) is 14.1 Å². The van der Waals surface area contributed by atoms with Crippen LogP contribution in [0.4, 0.5) is 5.69 Å². The lowest BCUT2D eigenvalue weighted by molar-refractivity contribution is 0.102. The van der Waals surface area contributed by atoms with Gasteiger partial charge >= 0.3 is 5.69 Å². The number of carbonyl (C=O) groups is 1. The third-order valence-electron chi connectivity index (χ3n) is 3.62. The molecular weight excluding hydrogens is 376 g/mol. The number of rotatable bonds is 2. The predicted molar refractivity (Wildman–Crippen MR) is 94.3 cm³/mol. The predicted octanol–water partition coefficient (Wildman–Crippen LogP) is 1.65. The molecule has 7 nitrogen and oxygen atoms in total. The van der Waals surface area contributed by atoms with Gasteiger partial charge in [0, 0.05) is 24.3 Å². The Morgan fingerprint density at radius 3 is 2.58 bits per heavy atom. The number of hydrogen-bond acceptors (Lipinski definition) is 4. The summed E-state index contributed by atoms with van der Waals surface area (Å²) in [4.78, 5) is 40.6. The zero-order valence-electron chi connectivity index (χ0n) is 12.9. The number of carbonyl (C=O) groups excluding carboxylic acids is 1. The number of nitrogens with zero attached hydrogens (tertiary/aromatic N) is 3. The van der Waals surface area contributed by atoms with Gasteiger partial charge in [-0.15, -0.1) is 0 Å². The first-order valence-electron chi connectivity index (χ1n) is 7.02. The Morgan fingerprint density at radius 1 is 1.12 bits per heavy atom. The molecule has 3 aromatic rings. The Balaban J connectivity index is 2.06. The number of benzene rings is 1. The number of amides is 1. The molecule has 1 aromatic carbocycles. The van der Waals surface area contributed by atoms with E-state index in [0.717, 1.165) is 9.04 Å². The number of hydrogen-bond donors (Lipinski definition) is 1. The van der Waals surface area contributed by atoms with Gasteiger partial charge in [0.05, 0.1) is 5.39 Å². The molecular formula is C16H13BrN4O3. The van der Waals surface area contributed by atoms with E-state index in [4.69, 9.17) is 0 Å². The van der Waals surface area contributed by atoms with Gasteiger partial charge in [-0.05, 0) is 30.3 Å². The zero-order valence-corrected chi connectivity index (χ0v) is 14.5. The van der Waals surface area contributed by atoms with Gasteiger partial charge in [-0.2, -0.15) is 0 Å². The van der Waals surface area contributed by atoms with Gasteiger partial charge < -0.3 is 5.32 Å². The van der Waals surface area contributed by atoms with Gasteiger partial charge in [-0.25, -0.2) is 9.78 Å². The van der Waals surface area contributed by atoms with E-state index >= 15 is 0 Å². The van der Waals surface area contributed by atoms with E-state index < -0.39 is 17.2 Å². The van der Waals surface area contributed by atoms with Crippen molar-refractivity contribution in [3.05, 3.63) is 67.4 Å². The van der Waals surface area contributed by atoms with Crippen LogP contribution in [0.25, 0.3) is 11.0 Å².